The van der Waals surface area contributed by atoms with Crippen LogP contribution in [0, 0.1) is 26.7 Å². The van der Waals surface area contributed by atoms with E-state index >= 15 is 0 Å². The number of hydrogen-bond acceptors (Lipinski definition) is 6. The second-order valence-electron chi connectivity index (χ2n) is 9.94. The van der Waals surface area contributed by atoms with E-state index in [0.29, 0.717) is 29.6 Å². The Balaban J connectivity index is 1.64. The van der Waals surface area contributed by atoms with Crippen molar-refractivity contribution in [3.8, 4) is 5.75 Å². The van der Waals surface area contributed by atoms with Gasteiger partial charge in [0.2, 0.25) is 10.0 Å². The third-order valence-corrected chi connectivity index (χ3v) is 8.63. The molecule has 1 aromatic heterocycles. The number of fused-ring (bicyclic) bond motifs is 1. The number of esters is 1. The standard InChI is InChI=1S/C31H33NO6S/c1-6-20(3)28(32-39(35,36)24-14-12-19(2)13-15-24)31(34)37-27-17-16-25-21(4)26(18-23-10-8-7-9-11-23)30(33)38-29(25)22(27)5/h7-17,20,28,32H,6,18H2,1-5H3/t20-,28+/m0/s1. The van der Waals surface area contributed by atoms with Crippen LogP contribution in [0.25, 0.3) is 11.0 Å². The van der Waals surface area contributed by atoms with E-state index in [0.717, 1.165) is 22.1 Å². The molecule has 4 aromatic rings. The molecule has 8 heteroatoms. The number of ether oxygens (including phenoxy) is 1. The number of rotatable bonds is 9. The Bertz CT molecular complexity index is 1660. The lowest BCUT2D eigenvalue weighted by atomic mass is 9.98. The lowest BCUT2D eigenvalue weighted by Crippen LogP contribution is -2.47. The van der Waals surface area contributed by atoms with Crippen molar-refractivity contribution in [2.45, 2.75) is 58.4 Å². The summed E-state index contributed by atoms with van der Waals surface area (Å²) in [6.45, 7) is 9.10. The van der Waals surface area contributed by atoms with Crippen LogP contribution >= 0.6 is 0 Å². The van der Waals surface area contributed by atoms with Gasteiger partial charge in [0.25, 0.3) is 0 Å². The van der Waals surface area contributed by atoms with E-state index in [4.69, 9.17) is 9.15 Å². The SMILES string of the molecule is CC[C@H](C)[C@@H](NS(=O)(=O)c1ccc(C)cc1)C(=O)Oc1ccc2c(C)c(Cc3ccccc3)c(=O)oc2c1C. The first-order chi connectivity index (χ1) is 18.5. The van der Waals surface area contributed by atoms with Gasteiger partial charge < -0.3 is 9.15 Å². The maximum Gasteiger partial charge on any atom is 0.340 e. The molecule has 0 amide bonds. The van der Waals surface area contributed by atoms with E-state index in [1.165, 1.54) is 12.1 Å². The van der Waals surface area contributed by atoms with Gasteiger partial charge in [0.1, 0.15) is 17.4 Å². The molecular formula is C31H33NO6S. The van der Waals surface area contributed by atoms with Gasteiger partial charge in [-0.2, -0.15) is 4.72 Å². The summed E-state index contributed by atoms with van der Waals surface area (Å²) in [7, 11) is -3.97. The van der Waals surface area contributed by atoms with E-state index in [1.807, 2.05) is 51.1 Å². The average Bonchev–Trinajstić information content (AvgIpc) is 2.92. The summed E-state index contributed by atoms with van der Waals surface area (Å²) >= 11 is 0. The van der Waals surface area contributed by atoms with Crippen LogP contribution in [-0.2, 0) is 21.2 Å². The van der Waals surface area contributed by atoms with Gasteiger partial charge in [-0.25, -0.2) is 18.0 Å². The molecular weight excluding hydrogens is 514 g/mol. The van der Waals surface area contributed by atoms with Crippen molar-refractivity contribution in [1.29, 1.82) is 0 Å². The van der Waals surface area contributed by atoms with Crippen molar-refractivity contribution in [3.05, 3.63) is 105 Å². The number of carbonyl (C=O) groups excluding carboxylic acids is 1. The van der Waals surface area contributed by atoms with Gasteiger partial charge in [0.15, 0.2) is 0 Å². The van der Waals surface area contributed by atoms with Crippen LogP contribution in [-0.4, -0.2) is 20.4 Å². The van der Waals surface area contributed by atoms with Crippen LogP contribution in [0.5, 0.6) is 5.75 Å². The van der Waals surface area contributed by atoms with E-state index in [9.17, 15) is 18.0 Å². The number of benzene rings is 3. The molecule has 3 aromatic carbocycles. The monoisotopic (exact) mass is 547 g/mol. The normalized spacial score (nSPS) is 13.3. The molecule has 204 valence electrons. The summed E-state index contributed by atoms with van der Waals surface area (Å²) in [6, 6.07) is 18.4. The Morgan fingerprint density at radius 1 is 0.949 bits per heavy atom. The Morgan fingerprint density at radius 2 is 1.62 bits per heavy atom. The number of sulfonamides is 1. The third kappa shape index (κ3) is 6.13. The fraction of sp³-hybridized carbons (Fsp3) is 0.290. The quantitative estimate of drug-likeness (QED) is 0.166. The molecule has 2 atom stereocenters. The van der Waals surface area contributed by atoms with E-state index in [1.54, 1.807) is 38.1 Å². The summed E-state index contributed by atoms with van der Waals surface area (Å²) in [5, 5.41) is 0.747. The predicted molar refractivity (Wildman–Crippen MR) is 152 cm³/mol. The fourth-order valence-corrected chi connectivity index (χ4v) is 5.74. The molecule has 39 heavy (non-hydrogen) atoms. The molecule has 0 unspecified atom stereocenters. The highest BCUT2D eigenvalue weighted by molar-refractivity contribution is 7.89. The number of aryl methyl sites for hydroxylation is 3. The maximum absolute atomic E-state index is 13.3. The van der Waals surface area contributed by atoms with Crippen LogP contribution in [0.4, 0.5) is 0 Å². The molecule has 0 saturated heterocycles. The summed E-state index contributed by atoms with van der Waals surface area (Å²) in [5.41, 5.74) is 3.66. The first kappa shape index (κ1) is 28.3. The van der Waals surface area contributed by atoms with E-state index in [-0.39, 0.29) is 16.6 Å². The van der Waals surface area contributed by atoms with Gasteiger partial charge in [-0.3, -0.25) is 0 Å². The van der Waals surface area contributed by atoms with Gasteiger partial charge in [-0.05, 0) is 62.1 Å². The second-order valence-corrected chi connectivity index (χ2v) is 11.7. The Morgan fingerprint density at radius 3 is 2.26 bits per heavy atom. The van der Waals surface area contributed by atoms with Gasteiger partial charge in [-0.1, -0.05) is 68.3 Å². The average molecular weight is 548 g/mol. The van der Waals surface area contributed by atoms with E-state index < -0.39 is 27.7 Å². The van der Waals surface area contributed by atoms with Crippen molar-refractivity contribution in [3.63, 3.8) is 0 Å². The first-order valence-electron chi connectivity index (χ1n) is 12.9. The zero-order valence-corrected chi connectivity index (χ0v) is 23.6. The number of hydrogen-bond donors (Lipinski definition) is 1. The minimum Gasteiger partial charge on any atom is -0.425 e. The van der Waals surface area contributed by atoms with Crippen LogP contribution in [0.15, 0.2) is 80.8 Å². The van der Waals surface area contributed by atoms with Gasteiger partial charge in [0, 0.05) is 22.9 Å². The van der Waals surface area contributed by atoms with Crippen LogP contribution in [0.1, 0.15) is 48.1 Å². The molecule has 0 aliphatic heterocycles. The topological polar surface area (TPSA) is 103 Å². The lowest BCUT2D eigenvalue weighted by Gasteiger charge is -2.23. The summed E-state index contributed by atoms with van der Waals surface area (Å²) in [6.07, 6.45) is 0.990. The molecule has 0 saturated carbocycles. The highest BCUT2D eigenvalue weighted by atomic mass is 32.2. The smallest absolute Gasteiger partial charge is 0.340 e. The van der Waals surface area contributed by atoms with Crippen molar-refractivity contribution in [1.82, 2.24) is 4.72 Å². The fourth-order valence-electron chi connectivity index (χ4n) is 4.44. The van der Waals surface area contributed by atoms with Crippen LogP contribution < -0.4 is 15.1 Å². The number of nitrogens with one attached hydrogen (secondary N) is 1. The first-order valence-corrected chi connectivity index (χ1v) is 14.4. The molecule has 0 aliphatic rings. The van der Waals surface area contributed by atoms with Gasteiger partial charge in [-0.15, -0.1) is 0 Å². The zero-order chi connectivity index (χ0) is 28.3. The molecule has 0 bridgehead atoms. The molecule has 1 heterocycles. The minimum atomic E-state index is -3.97. The van der Waals surface area contributed by atoms with E-state index in [2.05, 4.69) is 4.72 Å². The van der Waals surface area contributed by atoms with Gasteiger partial charge in [0.05, 0.1) is 4.90 Å². The van der Waals surface area contributed by atoms with Crippen molar-refractivity contribution in [2.24, 2.45) is 5.92 Å². The Kier molecular flexibility index (Phi) is 8.37. The van der Waals surface area contributed by atoms with Crippen molar-refractivity contribution in [2.75, 3.05) is 0 Å². The second kappa shape index (κ2) is 11.6. The molecule has 0 radical (unpaired) electrons. The highest BCUT2D eigenvalue weighted by Gasteiger charge is 2.32. The maximum atomic E-state index is 13.3. The Hall–Kier alpha value is -3.75. The molecule has 0 spiro atoms. The third-order valence-electron chi connectivity index (χ3n) is 7.17. The summed E-state index contributed by atoms with van der Waals surface area (Å²) in [5.74, 6) is -0.866. The predicted octanol–water partition coefficient (Wildman–Crippen LogP) is 5.61. The zero-order valence-electron chi connectivity index (χ0n) is 22.8. The van der Waals surface area contributed by atoms with Gasteiger partial charge >= 0.3 is 11.6 Å². The number of carbonyl (C=O) groups is 1. The molecule has 1 N–H and O–H groups in total. The molecule has 0 aliphatic carbocycles. The largest absolute Gasteiger partial charge is 0.425 e. The Labute approximate surface area is 228 Å². The molecule has 4 rings (SSSR count). The van der Waals surface area contributed by atoms with Crippen LogP contribution in [0.3, 0.4) is 0 Å². The summed E-state index contributed by atoms with van der Waals surface area (Å²) < 4.78 is 40.0. The minimum absolute atomic E-state index is 0.0691. The molecule has 7 nitrogen and oxygen atoms in total. The lowest BCUT2D eigenvalue weighted by molar-refractivity contribution is -0.137. The highest BCUT2D eigenvalue weighted by Crippen LogP contribution is 2.30. The molecule has 0 fully saturated rings. The van der Waals surface area contributed by atoms with Crippen molar-refractivity contribution >= 4 is 27.0 Å². The van der Waals surface area contributed by atoms with Crippen LogP contribution in [0.2, 0.25) is 0 Å². The summed E-state index contributed by atoms with van der Waals surface area (Å²) in [4.78, 5) is 26.3. The van der Waals surface area contributed by atoms with Crippen molar-refractivity contribution < 1.29 is 22.4 Å².